The number of carbonyl (C=O) groups is 2. The number of ether oxygens (including phenoxy) is 4. The lowest BCUT2D eigenvalue weighted by Crippen LogP contribution is -2.19. The Balaban J connectivity index is 1.35. The summed E-state index contributed by atoms with van der Waals surface area (Å²) in [5.41, 5.74) is 6.23. The van der Waals surface area contributed by atoms with Gasteiger partial charge < -0.3 is 23.9 Å². The molecule has 5 rings (SSSR count). The second kappa shape index (κ2) is 14.6. The number of carbonyl (C=O) groups excluding carboxylic acids is 2. The van der Waals surface area contributed by atoms with Crippen molar-refractivity contribution < 1.29 is 28.5 Å². The Morgan fingerprint density at radius 3 is 2.24 bits per heavy atom. The summed E-state index contributed by atoms with van der Waals surface area (Å²) >= 11 is 0. The predicted octanol–water partition coefficient (Wildman–Crippen LogP) is 6.89. The van der Waals surface area contributed by atoms with Gasteiger partial charge in [0, 0.05) is 10.9 Å². The maximum atomic E-state index is 13.4. The van der Waals surface area contributed by atoms with Crippen molar-refractivity contribution in [2.24, 2.45) is 5.10 Å². The fourth-order valence-corrected chi connectivity index (χ4v) is 4.90. The number of aromatic nitrogens is 1. The highest BCUT2D eigenvalue weighted by atomic mass is 16.6. The van der Waals surface area contributed by atoms with Crippen LogP contribution >= 0.6 is 0 Å². The van der Waals surface area contributed by atoms with Gasteiger partial charge in [-0.05, 0) is 74.4 Å². The maximum absolute atomic E-state index is 13.4. The van der Waals surface area contributed by atoms with Crippen molar-refractivity contribution in [2.75, 3.05) is 19.8 Å². The third-order valence-corrected chi connectivity index (χ3v) is 6.87. The summed E-state index contributed by atoms with van der Waals surface area (Å²) in [5.74, 6) is 0.468. The molecule has 232 valence electrons. The number of nitrogens with zero attached hydrogens (tertiary/aromatic N) is 2. The van der Waals surface area contributed by atoms with Crippen LogP contribution in [-0.4, -0.2) is 42.9 Å². The molecule has 4 aromatic carbocycles. The van der Waals surface area contributed by atoms with E-state index in [1.54, 1.807) is 48.5 Å². The minimum atomic E-state index is -0.592. The van der Waals surface area contributed by atoms with Crippen LogP contribution in [0.25, 0.3) is 22.0 Å². The van der Waals surface area contributed by atoms with Crippen LogP contribution in [0.5, 0.6) is 23.0 Å². The van der Waals surface area contributed by atoms with E-state index < -0.39 is 11.9 Å². The molecule has 10 heteroatoms. The van der Waals surface area contributed by atoms with Gasteiger partial charge in [-0.2, -0.15) is 10.4 Å². The van der Waals surface area contributed by atoms with E-state index in [1.807, 2.05) is 57.2 Å². The normalized spacial score (nSPS) is 10.8. The first-order chi connectivity index (χ1) is 22.5. The van der Waals surface area contributed by atoms with Gasteiger partial charge in [0.2, 0.25) is 0 Å². The third kappa shape index (κ3) is 6.84. The fourth-order valence-electron chi connectivity index (χ4n) is 4.90. The van der Waals surface area contributed by atoms with E-state index in [0.717, 1.165) is 10.9 Å². The Morgan fingerprint density at radius 1 is 0.826 bits per heavy atom. The van der Waals surface area contributed by atoms with Crippen LogP contribution in [-0.2, 0) is 0 Å². The zero-order chi connectivity index (χ0) is 32.5. The number of hydrazone groups is 1. The number of hydrogen-bond acceptors (Lipinski definition) is 8. The van der Waals surface area contributed by atoms with Crippen LogP contribution in [0.15, 0.2) is 90.0 Å². The Bertz CT molecular complexity index is 1940. The molecule has 0 atom stereocenters. The van der Waals surface area contributed by atoms with Gasteiger partial charge >= 0.3 is 5.97 Å². The lowest BCUT2D eigenvalue weighted by Gasteiger charge is -2.13. The van der Waals surface area contributed by atoms with Gasteiger partial charge in [0.05, 0.1) is 42.7 Å². The van der Waals surface area contributed by atoms with Crippen molar-refractivity contribution >= 4 is 29.0 Å². The van der Waals surface area contributed by atoms with Crippen LogP contribution in [0.4, 0.5) is 0 Å². The van der Waals surface area contributed by atoms with Crippen molar-refractivity contribution in [3.8, 4) is 40.2 Å². The molecule has 0 spiro atoms. The minimum absolute atomic E-state index is 0.221. The Labute approximate surface area is 266 Å². The number of aromatic amines is 1. The molecule has 0 saturated carbocycles. The zero-order valence-electron chi connectivity index (χ0n) is 25.6. The van der Waals surface area contributed by atoms with Crippen molar-refractivity contribution in [2.45, 2.75) is 20.8 Å². The van der Waals surface area contributed by atoms with E-state index in [-0.39, 0.29) is 17.0 Å². The molecule has 1 amide bonds. The van der Waals surface area contributed by atoms with Gasteiger partial charge in [-0.25, -0.2) is 10.2 Å². The molecular formula is C36H32N4O6. The van der Waals surface area contributed by atoms with Gasteiger partial charge in [0.1, 0.15) is 11.8 Å². The van der Waals surface area contributed by atoms with Crippen molar-refractivity contribution in [3.05, 3.63) is 107 Å². The summed E-state index contributed by atoms with van der Waals surface area (Å²) in [6.07, 6.45) is 1.46. The summed E-state index contributed by atoms with van der Waals surface area (Å²) in [6, 6.07) is 26.8. The van der Waals surface area contributed by atoms with E-state index in [1.165, 1.54) is 6.21 Å². The molecule has 0 saturated heterocycles. The molecule has 0 unspecified atom stereocenters. The number of esters is 1. The van der Waals surface area contributed by atoms with Gasteiger partial charge in [-0.15, -0.1) is 0 Å². The number of H-pyrrole nitrogens is 1. The van der Waals surface area contributed by atoms with Gasteiger partial charge in [-0.3, -0.25) is 4.79 Å². The molecule has 0 fully saturated rings. The number of amides is 1. The van der Waals surface area contributed by atoms with E-state index in [9.17, 15) is 14.9 Å². The van der Waals surface area contributed by atoms with Crippen molar-refractivity contribution in [3.63, 3.8) is 0 Å². The summed E-state index contributed by atoms with van der Waals surface area (Å²) in [4.78, 5) is 29.5. The highest BCUT2D eigenvalue weighted by Gasteiger charge is 2.21. The molecule has 0 radical (unpaired) electrons. The highest BCUT2D eigenvalue weighted by Crippen LogP contribution is 2.34. The first kappa shape index (κ1) is 31.3. The van der Waals surface area contributed by atoms with Crippen LogP contribution in [0.2, 0.25) is 0 Å². The second-order valence-corrected chi connectivity index (χ2v) is 9.84. The maximum Gasteiger partial charge on any atom is 0.343 e. The predicted molar refractivity (Wildman–Crippen MR) is 175 cm³/mol. The van der Waals surface area contributed by atoms with E-state index >= 15 is 0 Å². The monoisotopic (exact) mass is 616 g/mol. The quantitative estimate of drug-likeness (QED) is 0.0675. The number of fused-ring (bicyclic) bond motifs is 1. The van der Waals surface area contributed by atoms with Gasteiger partial charge in [-0.1, -0.05) is 42.5 Å². The molecule has 0 aliphatic carbocycles. The van der Waals surface area contributed by atoms with Crippen LogP contribution < -0.4 is 24.4 Å². The average molecular weight is 617 g/mol. The smallest absolute Gasteiger partial charge is 0.343 e. The highest BCUT2D eigenvalue weighted by molar-refractivity contribution is 6.10. The molecule has 46 heavy (non-hydrogen) atoms. The van der Waals surface area contributed by atoms with E-state index in [0.29, 0.717) is 59.3 Å². The van der Waals surface area contributed by atoms with Crippen LogP contribution in [0.1, 0.15) is 52.7 Å². The number of hydrogen-bond donors (Lipinski definition) is 2. The van der Waals surface area contributed by atoms with Gasteiger partial charge in [0.15, 0.2) is 23.0 Å². The first-order valence-electron chi connectivity index (χ1n) is 14.8. The molecule has 5 aromatic rings. The first-order valence-corrected chi connectivity index (χ1v) is 14.8. The lowest BCUT2D eigenvalue weighted by molar-refractivity contribution is 0.0727. The molecule has 1 aromatic heterocycles. The number of nitrogens with one attached hydrogen (secondary N) is 2. The van der Waals surface area contributed by atoms with Crippen LogP contribution in [0.3, 0.4) is 0 Å². The number of para-hydroxylation sites is 1. The molecule has 0 aliphatic rings. The van der Waals surface area contributed by atoms with Crippen molar-refractivity contribution in [1.82, 2.24) is 10.4 Å². The number of rotatable bonds is 12. The molecule has 1 heterocycles. The Hall–Kier alpha value is -6.08. The van der Waals surface area contributed by atoms with Crippen LogP contribution in [0, 0.1) is 11.3 Å². The summed E-state index contributed by atoms with van der Waals surface area (Å²) in [7, 11) is 0. The number of benzene rings is 4. The van der Waals surface area contributed by atoms with E-state index in [4.69, 9.17) is 18.9 Å². The molecule has 2 N–H and O–H groups in total. The second-order valence-electron chi connectivity index (χ2n) is 9.84. The minimum Gasteiger partial charge on any atom is -0.490 e. The van der Waals surface area contributed by atoms with E-state index in [2.05, 4.69) is 21.6 Å². The molecular weight excluding hydrogens is 584 g/mol. The zero-order valence-corrected chi connectivity index (χ0v) is 25.6. The average Bonchev–Trinajstić information content (AvgIpc) is 3.47. The summed E-state index contributed by atoms with van der Waals surface area (Å²) in [5, 5.41) is 14.5. The summed E-state index contributed by atoms with van der Waals surface area (Å²) in [6.45, 7) is 6.73. The number of nitriles is 1. The largest absolute Gasteiger partial charge is 0.490 e. The molecule has 0 aliphatic heterocycles. The van der Waals surface area contributed by atoms with Crippen molar-refractivity contribution in [1.29, 1.82) is 5.26 Å². The third-order valence-electron chi connectivity index (χ3n) is 6.87. The lowest BCUT2D eigenvalue weighted by atomic mass is 10.0. The Kier molecular flexibility index (Phi) is 9.95. The summed E-state index contributed by atoms with van der Waals surface area (Å²) < 4.78 is 22.6. The standard InChI is InChI=1S/C36H32N4O6/c1-4-43-28-18-16-25(20-31(28)45-6-3)36(42)46-29-17-15-23(19-30(29)44-5-2)22-38-40-35(41)34-32(24-11-8-7-9-12-24)27-14-10-13-26(21-37)33(27)39-34/h7-20,22,39H,4-6H2,1-3H3,(H,40,41). The fraction of sp³-hybridized carbons (Fsp3) is 0.167. The van der Waals surface area contributed by atoms with Gasteiger partial charge in [0.25, 0.3) is 5.91 Å². The Morgan fingerprint density at radius 2 is 1.52 bits per heavy atom. The molecule has 10 nitrogen and oxygen atoms in total. The SMILES string of the molecule is CCOc1ccc(C(=O)Oc2ccc(C=NNC(=O)c3[nH]c4c(C#N)cccc4c3-c3ccccc3)cc2OCC)cc1OCC. The molecule has 0 bridgehead atoms. The topological polar surface area (TPSA) is 135 Å².